The average molecular weight is 307 g/mol. The molecule has 9 heteroatoms. The van der Waals surface area contributed by atoms with Gasteiger partial charge in [0.15, 0.2) is 0 Å². The predicted molar refractivity (Wildman–Crippen MR) is 68.0 cm³/mol. The SMILES string of the molecule is O=C(O)CCN1C(=O)c2cc(C(=O)O)c(C(=O)O)cc2C1=O. The Kier molecular flexibility index (Phi) is 3.64. The third-order valence-electron chi connectivity index (χ3n) is 3.12. The average Bonchev–Trinajstić information content (AvgIpc) is 2.67. The summed E-state index contributed by atoms with van der Waals surface area (Å²) >= 11 is 0. The van der Waals surface area contributed by atoms with Crippen LogP contribution in [0.5, 0.6) is 0 Å². The van der Waals surface area contributed by atoms with Crippen molar-refractivity contribution < 1.29 is 39.3 Å². The third-order valence-corrected chi connectivity index (χ3v) is 3.12. The number of carboxylic acid groups (broad SMARTS) is 3. The maximum atomic E-state index is 12.0. The Labute approximate surface area is 122 Å². The third kappa shape index (κ3) is 2.39. The number of carbonyl (C=O) groups is 5. The maximum Gasteiger partial charge on any atom is 0.336 e. The molecular weight excluding hydrogens is 298 g/mol. The second-order valence-corrected chi connectivity index (χ2v) is 4.46. The van der Waals surface area contributed by atoms with Gasteiger partial charge in [-0.1, -0.05) is 0 Å². The van der Waals surface area contributed by atoms with Gasteiger partial charge in [-0.3, -0.25) is 19.3 Å². The summed E-state index contributed by atoms with van der Waals surface area (Å²) in [5, 5.41) is 26.6. The standard InChI is InChI=1S/C13H9NO8/c15-9(16)1-2-14-10(17)5-3-7(12(19)20)8(13(21)22)4-6(5)11(14)18/h3-4H,1-2H2,(H,15,16)(H,19,20)(H,21,22). The van der Waals surface area contributed by atoms with Crippen molar-refractivity contribution >= 4 is 29.7 Å². The van der Waals surface area contributed by atoms with E-state index in [9.17, 15) is 24.0 Å². The number of hydrogen-bond acceptors (Lipinski definition) is 5. The van der Waals surface area contributed by atoms with Crippen molar-refractivity contribution in [3.8, 4) is 0 Å². The molecule has 1 heterocycles. The number of nitrogens with zero attached hydrogens (tertiary/aromatic N) is 1. The fraction of sp³-hybridized carbons (Fsp3) is 0.154. The van der Waals surface area contributed by atoms with E-state index in [1.165, 1.54) is 0 Å². The Bertz CT molecular complexity index is 683. The van der Waals surface area contributed by atoms with Gasteiger partial charge in [-0.15, -0.1) is 0 Å². The molecule has 0 aromatic heterocycles. The van der Waals surface area contributed by atoms with Crippen molar-refractivity contribution in [3.05, 3.63) is 34.4 Å². The number of hydrogen-bond donors (Lipinski definition) is 3. The molecule has 1 aromatic carbocycles. The van der Waals surface area contributed by atoms with E-state index in [4.69, 9.17) is 15.3 Å². The van der Waals surface area contributed by atoms with Gasteiger partial charge < -0.3 is 15.3 Å². The van der Waals surface area contributed by atoms with Crippen LogP contribution in [0.1, 0.15) is 47.9 Å². The second-order valence-electron chi connectivity index (χ2n) is 4.46. The van der Waals surface area contributed by atoms with E-state index in [1.54, 1.807) is 0 Å². The minimum Gasteiger partial charge on any atom is -0.481 e. The monoisotopic (exact) mass is 307 g/mol. The number of amides is 2. The molecule has 2 amide bonds. The molecule has 0 fully saturated rings. The van der Waals surface area contributed by atoms with E-state index in [2.05, 4.69) is 0 Å². The fourth-order valence-electron chi connectivity index (χ4n) is 2.10. The Morgan fingerprint density at radius 1 is 0.864 bits per heavy atom. The number of carbonyl (C=O) groups excluding carboxylic acids is 2. The number of imide groups is 1. The summed E-state index contributed by atoms with van der Waals surface area (Å²) < 4.78 is 0. The Balaban J connectivity index is 2.51. The van der Waals surface area contributed by atoms with Crippen LogP contribution >= 0.6 is 0 Å². The molecule has 0 bridgehead atoms. The van der Waals surface area contributed by atoms with Crippen LogP contribution < -0.4 is 0 Å². The van der Waals surface area contributed by atoms with Crippen molar-refractivity contribution in [1.29, 1.82) is 0 Å². The lowest BCUT2D eigenvalue weighted by molar-refractivity contribution is -0.137. The molecule has 0 radical (unpaired) electrons. The first kappa shape index (κ1) is 15.2. The van der Waals surface area contributed by atoms with E-state index in [-0.39, 0.29) is 17.7 Å². The number of fused-ring (bicyclic) bond motifs is 1. The zero-order valence-corrected chi connectivity index (χ0v) is 10.9. The first-order valence-electron chi connectivity index (χ1n) is 5.96. The minimum absolute atomic E-state index is 0.252. The Morgan fingerprint density at radius 3 is 1.59 bits per heavy atom. The molecule has 0 saturated carbocycles. The molecule has 0 aliphatic carbocycles. The zero-order chi connectivity index (χ0) is 16.6. The first-order valence-corrected chi connectivity index (χ1v) is 5.96. The number of aliphatic carboxylic acids is 1. The molecule has 1 aliphatic heterocycles. The molecule has 9 nitrogen and oxygen atoms in total. The van der Waals surface area contributed by atoms with Gasteiger partial charge in [-0.2, -0.15) is 0 Å². The molecule has 2 rings (SSSR count). The lowest BCUT2D eigenvalue weighted by Gasteiger charge is -2.11. The summed E-state index contributed by atoms with van der Waals surface area (Å²) in [6.07, 6.45) is -0.469. The van der Waals surface area contributed by atoms with Crippen LogP contribution in [-0.2, 0) is 4.79 Å². The smallest absolute Gasteiger partial charge is 0.336 e. The predicted octanol–water partition coefficient (Wildman–Crippen LogP) is 0.154. The van der Waals surface area contributed by atoms with E-state index in [0.717, 1.165) is 12.1 Å². The molecule has 3 N–H and O–H groups in total. The lowest BCUT2D eigenvalue weighted by atomic mass is 9.99. The van der Waals surface area contributed by atoms with Crippen molar-refractivity contribution in [1.82, 2.24) is 4.90 Å². The van der Waals surface area contributed by atoms with Gasteiger partial charge in [0.05, 0.1) is 28.7 Å². The zero-order valence-electron chi connectivity index (χ0n) is 10.9. The maximum absolute atomic E-state index is 12.0. The molecule has 0 spiro atoms. The first-order chi connectivity index (χ1) is 10.2. The van der Waals surface area contributed by atoms with Gasteiger partial charge in [-0.25, -0.2) is 9.59 Å². The quantitative estimate of drug-likeness (QED) is 0.651. The molecule has 0 atom stereocenters. The van der Waals surface area contributed by atoms with E-state index < -0.39 is 47.3 Å². The van der Waals surface area contributed by atoms with E-state index >= 15 is 0 Å². The molecule has 1 aromatic rings. The van der Waals surface area contributed by atoms with E-state index in [0.29, 0.717) is 4.90 Å². The Hall–Kier alpha value is -3.23. The number of benzene rings is 1. The summed E-state index contributed by atoms with van der Waals surface area (Å²) in [6, 6.07) is 1.64. The van der Waals surface area contributed by atoms with E-state index in [1.807, 2.05) is 0 Å². The van der Waals surface area contributed by atoms with Crippen LogP contribution in [0.4, 0.5) is 0 Å². The summed E-state index contributed by atoms with van der Waals surface area (Å²) in [5.41, 5.74) is -1.74. The summed E-state index contributed by atoms with van der Waals surface area (Å²) in [4.78, 5) is 57.4. The molecule has 22 heavy (non-hydrogen) atoms. The fourth-order valence-corrected chi connectivity index (χ4v) is 2.10. The van der Waals surface area contributed by atoms with Gasteiger partial charge >= 0.3 is 17.9 Å². The van der Waals surface area contributed by atoms with Gasteiger partial charge in [0.25, 0.3) is 11.8 Å². The largest absolute Gasteiger partial charge is 0.481 e. The van der Waals surface area contributed by atoms with Crippen molar-refractivity contribution in [2.75, 3.05) is 6.54 Å². The molecular formula is C13H9NO8. The lowest BCUT2D eigenvalue weighted by Crippen LogP contribution is -2.31. The van der Waals surface area contributed by atoms with Crippen molar-refractivity contribution in [3.63, 3.8) is 0 Å². The number of carboxylic acids is 3. The second kappa shape index (κ2) is 5.28. The van der Waals surface area contributed by atoms with Gasteiger partial charge in [0.1, 0.15) is 0 Å². The van der Waals surface area contributed by atoms with Crippen molar-refractivity contribution in [2.24, 2.45) is 0 Å². The van der Waals surface area contributed by atoms with Crippen LogP contribution in [0.2, 0.25) is 0 Å². The highest BCUT2D eigenvalue weighted by atomic mass is 16.4. The topological polar surface area (TPSA) is 149 Å². The Morgan fingerprint density at radius 2 is 1.27 bits per heavy atom. The summed E-state index contributed by atoms with van der Waals surface area (Å²) in [7, 11) is 0. The highest BCUT2D eigenvalue weighted by molar-refractivity contribution is 6.23. The van der Waals surface area contributed by atoms with Crippen molar-refractivity contribution in [2.45, 2.75) is 6.42 Å². The summed E-state index contributed by atoms with van der Waals surface area (Å²) in [6.45, 7) is -0.382. The molecule has 1 aliphatic rings. The highest BCUT2D eigenvalue weighted by Gasteiger charge is 2.37. The van der Waals surface area contributed by atoms with Crippen LogP contribution in [0.25, 0.3) is 0 Å². The van der Waals surface area contributed by atoms with Crippen LogP contribution in [0, 0.1) is 0 Å². The highest BCUT2D eigenvalue weighted by Crippen LogP contribution is 2.27. The van der Waals surface area contributed by atoms with Gasteiger partial charge in [0, 0.05) is 6.54 Å². The van der Waals surface area contributed by atoms with Crippen LogP contribution in [0.15, 0.2) is 12.1 Å². The molecule has 0 unspecified atom stereocenters. The number of aromatic carboxylic acids is 2. The summed E-state index contributed by atoms with van der Waals surface area (Å²) in [5.74, 6) is -6.01. The van der Waals surface area contributed by atoms with Gasteiger partial charge in [0.2, 0.25) is 0 Å². The molecule has 114 valence electrons. The van der Waals surface area contributed by atoms with Crippen LogP contribution in [0.3, 0.4) is 0 Å². The minimum atomic E-state index is -1.55. The van der Waals surface area contributed by atoms with Gasteiger partial charge in [-0.05, 0) is 12.1 Å². The van der Waals surface area contributed by atoms with Crippen LogP contribution in [-0.4, -0.2) is 56.5 Å². The number of rotatable bonds is 5. The normalized spacial score (nSPS) is 13.2. The molecule has 0 saturated heterocycles.